The standard InChI is InChI=1S/C17H16F2N2O2S/c1-8-5-6-9-12(7-8)24-17(13(9)15(20)22)21-16(23)14-10(18)3-2-4-11(14)19/h2-4,8H,5-7H2,1H3,(H2,20,22)(H,21,23)/t8-/m0/s1. The third-order valence-corrected chi connectivity index (χ3v) is 5.34. The van der Waals surface area contributed by atoms with E-state index in [-0.39, 0.29) is 10.6 Å². The van der Waals surface area contributed by atoms with Crippen molar-refractivity contribution in [1.29, 1.82) is 0 Å². The fourth-order valence-electron chi connectivity index (χ4n) is 2.98. The lowest BCUT2D eigenvalue weighted by molar-refractivity contribution is 0.1000. The van der Waals surface area contributed by atoms with E-state index in [4.69, 9.17) is 5.73 Å². The van der Waals surface area contributed by atoms with Crippen molar-refractivity contribution in [2.24, 2.45) is 11.7 Å². The molecule has 1 aliphatic carbocycles. The number of amides is 2. The molecule has 0 bridgehead atoms. The zero-order valence-electron chi connectivity index (χ0n) is 13.0. The summed E-state index contributed by atoms with van der Waals surface area (Å²) in [5, 5.41) is 2.72. The second-order valence-electron chi connectivity index (χ2n) is 5.97. The van der Waals surface area contributed by atoms with Crippen LogP contribution >= 0.6 is 11.3 Å². The first-order valence-electron chi connectivity index (χ1n) is 7.58. The van der Waals surface area contributed by atoms with Crippen LogP contribution in [0.15, 0.2) is 18.2 Å². The Hall–Kier alpha value is -2.28. The molecule has 0 unspecified atom stereocenters. The third kappa shape index (κ3) is 2.91. The van der Waals surface area contributed by atoms with Crippen LogP contribution in [0.1, 0.15) is 44.5 Å². The molecule has 126 valence electrons. The molecule has 24 heavy (non-hydrogen) atoms. The summed E-state index contributed by atoms with van der Waals surface area (Å²) in [7, 11) is 0. The molecule has 1 aliphatic rings. The summed E-state index contributed by atoms with van der Waals surface area (Å²) < 4.78 is 27.5. The van der Waals surface area contributed by atoms with Gasteiger partial charge in [-0.1, -0.05) is 13.0 Å². The fourth-order valence-corrected chi connectivity index (χ4v) is 4.39. The van der Waals surface area contributed by atoms with Gasteiger partial charge in [-0.3, -0.25) is 9.59 Å². The molecule has 0 saturated carbocycles. The largest absolute Gasteiger partial charge is 0.365 e. The number of benzene rings is 1. The van der Waals surface area contributed by atoms with Crippen molar-refractivity contribution in [2.45, 2.75) is 26.2 Å². The molecular formula is C17H16F2N2O2S. The van der Waals surface area contributed by atoms with Crippen molar-refractivity contribution >= 4 is 28.2 Å². The van der Waals surface area contributed by atoms with Gasteiger partial charge in [0.1, 0.15) is 22.2 Å². The molecule has 3 N–H and O–H groups in total. The van der Waals surface area contributed by atoms with Crippen molar-refractivity contribution in [3.63, 3.8) is 0 Å². The summed E-state index contributed by atoms with van der Waals surface area (Å²) in [6.07, 6.45) is 2.43. The van der Waals surface area contributed by atoms with Crippen molar-refractivity contribution in [2.75, 3.05) is 5.32 Å². The van der Waals surface area contributed by atoms with Gasteiger partial charge < -0.3 is 11.1 Å². The maximum atomic E-state index is 13.8. The van der Waals surface area contributed by atoms with E-state index in [0.717, 1.165) is 35.4 Å². The van der Waals surface area contributed by atoms with Crippen LogP contribution in [0.2, 0.25) is 0 Å². The van der Waals surface area contributed by atoms with Gasteiger partial charge in [0.15, 0.2) is 0 Å². The predicted molar refractivity (Wildman–Crippen MR) is 88.3 cm³/mol. The molecule has 2 aromatic rings. The summed E-state index contributed by atoms with van der Waals surface area (Å²) in [4.78, 5) is 25.1. The Bertz CT molecular complexity index is 812. The number of thiophene rings is 1. The number of carbonyl (C=O) groups is 2. The summed E-state index contributed by atoms with van der Waals surface area (Å²) in [5.41, 5.74) is 5.89. The smallest absolute Gasteiger partial charge is 0.262 e. The Kier molecular flexibility index (Phi) is 4.36. The van der Waals surface area contributed by atoms with Gasteiger partial charge in [-0.2, -0.15) is 0 Å². The number of carbonyl (C=O) groups excluding carboxylic acids is 2. The average Bonchev–Trinajstić information content (AvgIpc) is 2.83. The lowest BCUT2D eigenvalue weighted by Gasteiger charge is -2.18. The number of nitrogens with one attached hydrogen (secondary N) is 1. The van der Waals surface area contributed by atoms with Crippen LogP contribution in [-0.4, -0.2) is 11.8 Å². The van der Waals surface area contributed by atoms with Crippen molar-refractivity contribution in [3.05, 3.63) is 51.4 Å². The minimum Gasteiger partial charge on any atom is -0.365 e. The van der Waals surface area contributed by atoms with Crippen molar-refractivity contribution in [1.82, 2.24) is 0 Å². The zero-order chi connectivity index (χ0) is 17.4. The summed E-state index contributed by atoms with van der Waals surface area (Å²) in [6.45, 7) is 2.11. The molecule has 1 atom stereocenters. The van der Waals surface area contributed by atoms with E-state index < -0.39 is 29.0 Å². The zero-order valence-corrected chi connectivity index (χ0v) is 13.8. The molecule has 0 radical (unpaired) electrons. The lowest BCUT2D eigenvalue weighted by Crippen LogP contribution is -2.20. The molecule has 0 saturated heterocycles. The highest BCUT2D eigenvalue weighted by Crippen LogP contribution is 2.39. The maximum absolute atomic E-state index is 13.8. The Morgan fingerprint density at radius 3 is 2.54 bits per heavy atom. The summed E-state index contributed by atoms with van der Waals surface area (Å²) in [5.74, 6) is -3.01. The van der Waals surface area contributed by atoms with E-state index in [1.807, 2.05) is 0 Å². The van der Waals surface area contributed by atoms with Gasteiger partial charge in [0.25, 0.3) is 11.8 Å². The van der Waals surface area contributed by atoms with E-state index in [0.29, 0.717) is 12.3 Å². The van der Waals surface area contributed by atoms with Crippen molar-refractivity contribution < 1.29 is 18.4 Å². The first-order chi connectivity index (χ1) is 11.4. The van der Waals surface area contributed by atoms with Crippen LogP contribution in [0.4, 0.5) is 13.8 Å². The van der Waals surface area contributed by atoms with Gasteiger partial charge >= 0.3 is 0 Å². The molecular weight excluding hydrogens is 334 g/mol. The Morgan fingerprint density at radius 1 is 1.25 bits per heavy atom. The topological polar surface area (TPSA) is 72.2 Å². The predicted octanol–water partition coefficient (Wildman–Crippen LogP) is 3.50. The molecule has 0 fully saturated rings. The molecule has 2 amide bonds. The molecule has 1 aromatic heterocycles. The second-order valence-corrected chi connectivity index (χ2v) is 7.08. The fraction of sp³-hybridized carbons (Fsp3) is 0.294. The Morgan fingerprint density at radius 2 is 1.92 bits per heavy atom. The van der Waals surface area contributed by atoms with Crippen LogP contribution < -0.4 is 11.1 Å². The van der Waals surface area contributed by atoms with Crippen LogP contribution in [0.5, 0.6) is 0 Å². The van der Waals surface area contributed by atoms with Gasteiger partial charge in [-0.15, -0.1) is 11.3 Å². The second kappa shape index (κ2) is 6.32. The number of hydrogen-bond donors (Lipinski definition) is 2. The van der Waals surface area contributed by atoms with Crippen LogP contribution in [0.25, 0.3) is 0 Å². The highest BCUT2D eigenvalue weighted by molar-refractivity contribution is 7.17. The van der Waals surface area contributed by atoms with Gasteiger partial charge in [-0.25, -0.2) is 8.78 Å². The summed E-state index contributed by atoms with van der Waals surface area (Å²) >= 11 is 1.25. The van der Waals surface area contributed by atoms with E-state index in [1.54, 1.807) is 0 Å². The molecule has 0 spiro atoms. The minimum absolute atomic E-state index is 0.256. The molecule has 1 heterocycles. The van der Waals surface area contributed by atoms with Crippen LogP contribution in [0, 0.1) is 17.6 Å². The third-order valence-electron chi connectivity index (χ3n) is 4.17. The van der Waals surface area contributed by atoms with Crippen LogP contribution in [-0.2, 0) is 12.8 Å². The van der Waals surface area contributed by atoms with Gasteiger partial charge in [0.05, 0.1) is 5.56 Å². The van der Waals surface area contributed by atoms with Gasteiger partial charge in [-0.05, 0) is 42.9 Å². The number of fused-ring (bicyclic) bond motifs is 1. The highest BCUT2D eigenvalue weighted by atomic mass is 32.1. The summed E-state index contributed by atoms with van der Waals surface area (Å²) in [6, 6.07) is 3.20. The Balaban J connectivity index is 1.98. The molecule has 0 aliphatic heterocycles. The van der Waals surface area contributed by atoms with E-state index in [2.05, 4.69) is 12.2 Å². The number of hydrogen-bond acceptors (Lipinski definition) is 3. The normalized spacial score (nSPS) is 16.5. The van der Waals surface area contributed by atoms with E-state index in [1.165, 1.54) is 17.4 Å². The average molecular weight is 350 g/mol. The maximum Gasteiger partial charge on any atom is 0.262 e. The van der Waals surface area contributed by atoms with Crippen LogP contribution in [0.3, 0.4) is 0 Å². The first kappa shape index (κ1) is 16.6. The molecule has 3 rings (SSSR count). The molecule has 4 nitrogen and oxygen atoms in total. The molecule has 7 heteroatoms. The monoisotopic (exact) mass is 350 g/mol. The van der Waals surface area contributed by atoms with Crippen molar-refractivity contribution in [3.8, 4) is 0 Å². The minimum atomic E-state index is -0.955. The van der Waals surface area contributed by atoms with E-state index in [9.17, 15) is 18.4 Å². The SMILES string of the molecule is C[C@H]1CCc2c(sc(NC(=O)c3c(F)cccc3F)c2C(N)=O)C1. The first-order valence-corrected chi connectivity index (χ1v) is 8.39. The number of primary amides is 1. The number of anilines is 1. The lowest BCUT2D eigenvalue weighted by atomic mass is 9.88. The molecule has 1 aromatic carbocycles. The number of halogens is 2. The number of rotatable bonds is 3. The van der Waals surface area contributed by atoms with Gasteiger partial charge in [0, 0.05) is 4.88 Å². The number of nitrogens with two attached hydrogens (primary N) is 1. The van der Waals surface area contributed by atoms with E-state index >= 15 is 0 Å². The Labute approximate surface area is 141 Å². The van der Waals surface area contributed by atoms with Gasteiger partial charge in [0.2, 0.25) is 0 Å². The quantitative estimate of drug-likeness (QED) is 0.889. The highest BCUT2D eigenvalue weighted by Gasteiger charge is 2.28.